The summed E-state index contributed by atoms with van der Waals surface area (Å²) in [4.78, 5) is 15.2. The molecular weight excluding hydrogens is 330 g/mol. The van der Waals surface area contributed by atoms with Crippen LogP contribution in [0.5, 0.6) is 5.75 Å². The summed E-state index contributed by atoms with van der Waals surface area (Å²) in [5, 5.41) is 19.9. The van der Waals surface area contributed by atoms with E-state index in [0.717, 1.165) is 24.1 Å². The van der Waals surface area contributed by atoms with Gasteiger partial charge in [0.25, 0.3) is 0 Å². The maximum atomic E-state index is 10.8. The van der Waals surface area contributed by atoms with Crippen molar-refractivity contribution in [2.24, 2.45) is 5.92 Å². The second-order valence-electron chi connectivity index (χ2n) is 6.16. The first-order valence-electron chi connectivity index (χ1n) is 8.27. The molecule has 1 aromatic rings. The SMILES string of the molecule is CCC(CCC(=O)O)=C(O)CC(c1nccc(Cl)c1OC)C1CC1. The van der Waals surface area contributed by atoms with Crippen molar-refractivity contribution in [2.75, 3.05) is 7.11 Å². The van der Waals surface area contributed by atoms with Crippen LogP contribution >= 0.6 is 11.6 Å². The van der Waals surface area contributed by atoms with Crippen LogP contribution in [0, 0.1) is 5.92 Å². The van der Waals surface area contributed by atoms with Gasteiger partial charge in [-0.2, -0.15) is 0 Å². The molecule has 6 heteroatoms. The summed E-state index contributed by atoms with van der Waals surface area (Å²) in [6.45, 7) is 1.93. The highest BCUT2D eigenvalue weighted by atomic mass is 35.5. The second kappa shape index (κ2) is 8.38. The molecule has 2 rings (SSSR count). The number of allylic oxidation sites excluding steroid dienone is 2. The Labute approximate surface area is 147 Å². The van der Waals surface area contributed by atoms with Crippen LogP contribution in [-0.4, -0.2) is 28.3 Å². The molecule has 0 bridgehead atoms. The van der Waals surface area contributed by atoms with Crippen molar-refractivity contribution in [2.45, 2.75) is 51.4 Å². The predicted molar refractivity (Wildman–Crippen MR) is 92.7 cm³/mol. The molecule has 0 saturated heterocycles. The van der Waals surface area contributed by atoms with Gasteiger partial charge >= 0.3 is 5.97 Å². The molecule has 1 heterocycles. The third-order valence-corrected chi connectivity index (χ3v) is 4.82. The molecule has 0 radical (unpaired) electrons. The minimum Gasteiger partial charge on any atom is -0.512 e. The third kappa shape index (κ3) is 4.63. The summed E-state index contributed by atoms with van der Waals surface area (Å²) < 4.78 is 5.41. The number of hydrogen-bond acceptors (Lipinski definition) is 4. The zero-order valence-corrected chi connectivity index (χ0v) is 14.8. The van der Waals surface area contributed by atoms with Crippen LogP contribution in [0.4, 0.5) is 0 Å². The lowest BCUT2D eigenvalue weighted by Gasteiger charge is -2.20. The normalized spacial score (nSPS) is 16.5. The van der Waals surface area contributed by atoms with Gasteiger partial charge in [0, 0.05) is 25.0 Å². The van der Waals surface area contributed by atoms with Gasteiger partial charge in [0.05, 0.1) is 23.6 Å². The summed E-state index contributed by atoms with van der Waals surface area (Å²) >= 11 is 6.20. The largest absolute Gasteiger partial charge is 0.512 e. The fraction of sp³-hybridized carbons (Fsp3) is 0.556. The molecule has 1 aliphatic rings. The van der Waals surface area contributed by atoms with Gasteiger partial charge in [-0.15, -0.1) is 0 Å². The first-order chi connectivity index (χ1) is 11.5. The third-order valence-electron chi connectivity index (χ3n) is 4.52. The highest BCUT2D eigenvalue weighted by Gasteiger charge is 2.36. The molecule has 0 amide bonds. The number of carboxylic acid groups (broad SMARTS) is 1. The van der Waals surface area contributed by atoms with Gasteiger partial charge in [-0.1, -0.05) is 18.5 Å². The average molecular weight is 354 g/mol. The molecule has 1 aromatic heterocycles. The predicted octanol–water partition coefficient (Wildman–Crippen LogP) is 4.71. The number of rotatable bonds is 9. The molecule has 24 heavy (non-hydrogen) atoms. The molecule has 5 nitrogen and oxygen atoms in total. The zero-order chi connectivity index (χ0) is 17.7. The number of pyridine rings is 1. The van der Waals surface area contributed by atoms with Gasteiger partial charge in [0.1, 0.15) is 0 Å². The van der Waals surface area contributed by atoms with Gasteiger partial charge in [0.2, 0.25) is 0 Å². The Balaban J connectivity index is 2.26. The number of methoxy groups -OCH3 is 1. The molecule has 1 aliphatic carbocycles. The number of aliphatic hydroxyl groups excluding tert-OH is 1. The molecule has 1 fully saturated rings. The van der Waals surface area contributed by atoms with Crippen LogP contribution < -0.4 is 4.74 Å². The van der Waals surface area contributed by atoms with Gasteiger partial charge in [0.15, 0.2) is 5.75 Å². The van der Waals surface area contributed by atoms with Crippen molar-refractivity contribution in [3.05, 3.63) is 34.3 Å². The number of aliphatic hydroxyl groups is 1. The van der Waals surface area contributed by atoms with Crippen LogP contribution in [0.25, 0.3) is 0 Å². The quantitative estimate of drug-likeness (QED) is 0.628. The van der Waals surface area contributed by atoms with E-state index < -0.39 is 5.97 Å². The number of carboxylic acids is 1. The Hall–Kier alpha value is -1.75. The smallest absolute Gasteiger partial charge is 0.303 e. The number of halogens is 1. The van der Waals surface area contributed by atoms with E-state index in [9.17, 15) is 9.90 Å². The molecule has 0 aliphatic heterocycles. The molecule has 0 spiro atoms. The lowest BCUT2D eigenvalue weighted by molar-refractivity contribution is -0.136. The van der Waals surface area contributed by atoms with Crippen molar-refractivity contribution in [3.63, 3.8) is 0 Å². The van der Waals surface area contributed by atoms with Gasteiger partial charge in [-0.25, -0.2) is 0 Å². The van der Waals surface area contributed by atoms with Crippen molar-refractivity contribution < 1.29 is 19.7 Å². The fourth-order valence-corrected chi connectivity index (χ4v) is 3.26. The standard InChI is InChI=1S/C18H24ClNO4/c1-3-11(6-7-16(22)23)15(21)10-13(12-4-5-12)17-18(24-2)14(19)8-9-20-17/h8-9,12-13,21H,3-7,10H2,1-2H3,(H,22,23). The van der Waals surface area contributed by atoms with E-state index in [0.29, 0.717) is 36.0 Å². The summed E-state index contributed by atoms with van der Waals surface area (Å²) in [5.41, 5.74) is 1.57. The van der Waals surface area contributed by atoms with Gasteiger partial charge in [-0.3, -0.25) is 9.78 Å². The van der Waals surface area contributed by atoms with E-state index >= 15 is 0 Å². The van der Waals surface area contributed by atoms with E-state index in [4.69, 9.17) is 21.4 Å². The Bertz CT molecular complexity index is 625. The van der Waals surface area contributed by atoms with E-state index in [1.54, 1.807) is 19.4 Å². The zero-order valence-electron chi connectivity index (χ0n) is 14.1. The second-order valence-corrected chi connectivity index (χ2v) is 6.56. The number of ether oxygens (including phenoxy) is 1. The molecule has 1 unspecified atom stereocenters. The van der Waals surface area contributed by atoms with Gasteiger partial charge < -0.3 is 14.9 Å². The first kappa shape index (κ1) is 18.6. The summed E-state index contributed by atoms with van der Waals surface area (Å²) in [6, 6.07) is 1.69. The van der Waals surface area contributed by atoms with Crippen LogP contribution in [0.15, 0.2) is 23.6 Å². The minimum absolute atomic E-state index is 0.0278. The average Bonchev–Trinajstić information content (AvgIpc) is 3.37. The summed E-state index contributed by atoms with van der Waals surface area (Å²) in [7, 11) is 1.57. The molecule has 1 atom stereocenters. The Morgan fingerprint density at radius 1 is 1.42 bits per heavy atom. The number of hydrogen-bond donors (Lipinski definition) is 2. The van der Waals surface area contributed by atoms with Crippen molar-refractivity contribution in [1.29, 1.82) is 0 Å². The molecule has 132 valence electrons. The number of aromatic nitrogens is 1. The van der Waals surface area contributed by atoms with Crippen molar-refractivity contribution in [3.8, 4) is 5.75 Å². The topological polar surface area (TPSA) is 79.7 Å². The van der Waals surface area contributed by atoms with Crippen LogP contribution in [0.1, 0.15) is 57.1 Å². The lowest BCUT2D eigenvalue weighted by atomic mass is 9.91. The Morgan fingerprint density at radius 2 is 2.12 bits per heavy atom. The fourth-order valence-electron chi connectivity index (χ4n) is 3.03. The van der Waals surface area contributed by atoms with E-state index in [1.807, 2.05) is 6.92 Å². The lowest BCUT2D eigenvalue weighted by Crippen LogP contribution is -2.09. The highest BCUT2D eigenvalue weighted by molar-refractivity contribution is 6.32. The Morgan fingerprint density at radius 3 is 2.67 bits per heavy atom. The first-order valence-corrected chi connectivity index (χ1v) is 8.65. The molecular formula is C18H24ClNO4. The maximum absolute atomic E-state index is 10.8. The summed E-state index contributed by atoms with van der Waals surface area (Å²) in [6.07, 6.45) is 5.31. The number of nitrogens with zero attached hydrogens (tertiary/aromatic N) is 1. The molecule has 2 N–H and O–H groups in total. The van der Waals surface area contributed by atoms with E-state index in [-0.39, 0.29) is 18.1 Å². The number of aliphatic carboxylic acids is 1. The van der Waals surface area contributed by atoms with Crippen molar-refractivity contribution in [1.82, 2.24) is 4.98 Å². The number of carbonyl (C=O) groups is 1. The van der Waals surface area contributed by atoms with Gasteiger partial charge in [-0.05, 0) is 43.2 Å². The van der Waals surface area contributed by atoms with Crippen molar-refractivity contribution >= 4 is 17.6 Å². The molecule has 0 aromatic carbocycles. The highest BCUT2D eigenvalue weighted by Crippen LogP contribution is 2.48. The molecule has 1 saturated carbocycles. The van der Waals surface area contributed by atoms with Crippen LogP contribution in [0.3, 0.4) is 0 Å². The van der Waals surface area contributed by atoms with E-state index in [2.05, 4.69) is 4.98 Å². The maximum Gasteiger partial charge on any atom is 0.303 e. The van der Waals surface area contributed by atoms with E-state index in [1.165, 1.54) is 0 Å². The summed E-state index contributed by atoms with van der Waals surface area (Å²) in [5.74, 6) is 0.465. The van der Waals surface area contributed by atoms with Crippen LogP contribution in [-0.2, 0) is 4.79 Å². The minimum atomic E-state index is -0.856. The monoisotopic (exact) mass is 353 g/mol. The van der Waals surface area contributed by atoms with Crippen LogP contribution in [0.2, 0.25) is 5.02 Å². The Kier molecular flexibility index (Phi) is 6.49.